The molecule has 0 fully saturated rings. The number of hydrogen-bond donors (Lipinski definition) is 1. The lowest BCUT2D eigenvalue weighted by molar-refractivity contribution is -0.122. The van der Waals surface area contributed by atoms with Gasteiger partial charge in [-0.05, 0) is 32.0 Å². The van der Waals surface area contributed by atoms with Gasteiger partial charge in [-0.2, -0.15) is 0 Å². The highest BCUT2D eigenvalue weighted by Crippen LogP contribution is 2.41. The highest BCUT2D eigenvalue weighted by molar-refractivity contribution is 7.99. The first-order chi connectivity index (χ1) is 12.0. The van der Waals surface area contributed by atoms with Crippen molar-refractivity contribution < 1.29 is 14.3 Å². The van der Waals surface area contributed by atoms with E-state index in [9.17, 15) is 4.79 Å². The maximum Gasteiger partial charge on any atom is 0.257 e. The van der Waals surface area contributed by atoms with E-state index < -0.39 is 0 Å². The molecule has 0 aromatic heterocycles. The van der Waals surface area contributed by atoms with E-state index in [-0.39, 0.29) is 18.1 Å². The number of para-hydroxylation sites is 1. The second-order valence-corrected chi connectivity index (χ2v) is 7.75. The maximum atomic E-state index is 12.0. The highest BCUT2D eigenvalue weighted by atomic mass is 32.2. The fourth-order valence-electron chi connectivity index (χ4n) is 2.77. The molecule has 1 aliphatic rings. The lowest BCUT2D eigenvalue weighted by atomic mass is 10.0. The lowest BCUT2D eigenvalue weighted by Crippen LogP contribution is -2.30. The van der Waals surface area contributed by atoms with Crippen molar-refractivity contribution in [3.05, 3.63) is 54.1 Å². The summed E-state index contributed by atoms with van der Waals surface area (Å²) >= 11 is 1.72. The molecule has 0 spiro atoms. The third kappa shape index (κ3) is 4.92. The van der Waals surface area contributed by atoms with Gasteiger partial charge in [0.25, 0.3) is 5.91 Å². The van der Waals surface area contributed by atoms with Crippen LogP contribution in [0.1, 0.15) is 19.4 Å². The molecule has 132 valence electrons. The second kappa shape index (κ2) is 7.83. The van der Waals surface area contributed by atoms with Gasteiger partial charge < -0.3 is 14.8 Å². The Morgan fingerprint density at radius 3 is 2.80 bits per heavy atom. The number of nitrogens with one attached hydrogen (secondary N) is 1. The van der Waals surface area contributed by atoms with E-state index in [1.165, 1.54) is 4.90 Å². The van der Waals surface area contributed by atoms with Crippen LogP contribution in [0.4, 0.5) is 0 Å². The molecule has 0 radical (unpaired) electrons. The van der Waals surface area contributed by atoms with Crippen LogP contribution in [0.15, 0.2) is 53.4 Å². The Kier molecular flexibility index (Phi) is 5.53. The standard InChI is InChI=1S/C20H23NO3S/c1-20(2)13-15-7-6-10-17(19(15)24-20)23-14-18(22)21-11-12-25-16-8-4-3-5-9-16/h3-10H,11-14H2,1-2H3,(H,21,22). The van der Waals surface area contributed by atoms with Gasteiger partial charge in [0.05, 0.1) is 0 Å². The maximum absolute atomic E-state index is 12.0. The zero-order chi connectivity index (χ0) is 17.7. The number of hydrogen-bond acceptors (Lipinski definition) is 4. The largest absolute Gasteiger partial charge is 0.483 e. The Morgan fingerprint density at radius 1 is 1.20 bits per heavy atom. The first-order valence-electron chi connectivity index (χ1n) is 8.42. The number of carbonyl (C=O) groups excluding carboxylic acids is 1. The van der Waals surface area contributed by atoms with Gasteiger partial charge in [0.2, 0.25) is 0 Å². The summed E-state index contributed by atoms with van der Waals surface area (Å²) in [5, 5.41) is 2.88. The fourth-order valence-corrected chi connectivity index (χ4v) is 3.56. The molecule has 0 saturated heterocycles. The SMILES string of the molecule is CC1(C)Cc2cccc(OCC(=O)NCCSc3ccccc3)c2O1. The molecule has 3 rings (SSSR count). The zero-order valence-corrected chi connectivity index (χ0v) is 15.4. The predicted octanol–water partition coefficient (Wildman–Crippen LogP) is 3.69. The van der Waals surface area contributed by atoms with E-state index in [1.54, 1.807) is 11.8 Å². The lowest BCUT2D eigenvalue weighted by Gasteiger charge is -2.18. The fraction of sp³-hybridized carbons (Fsp3) is 0.350. The van der Waals surface area contributed by atoms with E-state index in [0.717, 1.165) is 23.5 Å². The van der Waals surface area contributed by atoms with E-state index in [1.807, 2.05) is 50.2 Å². The summed E-state index contributed by atoms with van der Waals surface area (Å²) in [7, 11) is 0. The van der Waals surface area contributed by atoms with Gasteiger partial charge in [0.15, 0.2) is 18.1 Å². The molecule has 0 unspecified atom stereocenters. The van der Waals surface area contributed by atoms with Gasteiger partial charge in [-0.3, -0.25) is 4.79 Å². The summed E-state index contributed by atoms with van der Waals surface area (Å²) in [6.45, 7) is 4.70. The van der Waals surface area contributed by atoms with Crippen LogP contribution in [0.25, 0.3) is 0 Å². The van der Waals surface area contributed by atoms with Gasteiger partial charge in [-0.25, -0.2) is 0 Å². The molecule has 1 amide bonds. The normalized spacial score (nSPS) is 14.5. The van der Waals surface area contributed by atoms with Crippen molar-refractivity contribution >= 4 is 17.7 Å². The van der Waals surface area contributed by atoms with Gasteiger partial charge in [-0.1, -0.05) is 30.3 Å². The molecule has 5 heteroatoms. The number of ether oxygens (including phenoxy) is 2. The van der Waals surface area contributed by atoms with Crippen LogP contribution in [-0.4, -0.2) is 30.4 Å². The zero-order valence-electron chi connectivity index (χ0n) is 14.6. The van der Waals surface area contributed by atoms with E-state index in [2.05, 4.69) is 17.4 Å². The first kappa shape index (κ1) is 17.7. The molecule has 4 nitrogen and oxygen atoms in total. The van der Waals surface area contributed by atoms with Crippen LogP contribution in [0, 0.1) is 0 Å². The van der Waals surface area contributed by atoms with Crippen molar-refractivity contribution in [1.82, 2.24) is 5.32 Å². The van der Waals surface area contributed by atoms with Gasteiger partial charge in [0.1, 0.15) is 5.60 Å². The van der Waals surface area contributed by atoms with Crippen molar-refractivity contribution in [2.45, 2.75) is 30.8 Å². The van der Waals surface area contributed by atoms with Gasteiger partial charge in [0, 0.05) is 29.2 Å². The van der Waals surface area contributed by atoms with Crippen molar-refractivity contribution in [3.8, 4) is 11.5 Å². The third-order valence-electron chi connectivity index (χ3n) is 3.85. The quantitative estimate of drug-likeness (QED) is 0.606. The topological polar surface area (TPSA) is 47.6 Å². The van der Waals surface area contributed by atoms with Crippen LogP contribution in [0.3, 0.4) is 0 Å². The molecule has 2 aromatic rings. The van der Waals surface area contributed by atoms with Crippen molar-refractivity contribution in [2.75, 3.05) is 18.9 Å². The predicted molar refractivity (Wildman–Crippen MR) is 101 cm³/mol. The Bertz CT molecular complexity index is 731. The monoisotopic (exact) mass is 357 g/mol. The van der Waals surface area contributed by atoms with Crippen LogP contribution in [0.2, 0.25) is 0 Å². The van der Waals surface area contributed by atoms with E-state index >= 15 is 0 Å². The highest BCUT2D eigenvalue weighted by Gasteiger charge is 2.32. The van der Waals surface area contributed by atoms with Crippen molar-refractivity contribution in [2.24, 2.45) is 0 Å². The summed E-state index contributed by atoms with van der Waals surface area (Å²) in [4.78, 5) is 13.2. The minimum absolute atomic E-state index is 0.00372. The third-order valence-corrected chi connectivity index (χ3v) is 4.86. The second-order valence-electron chi connectivity index (χ2n) is 6.58. The smallest absolute Gasteiger partial charge is 0.257 e. The van der Waals surface area contributed by atoms with Crippen molar-refractivity contribution in [1.29, 1.82) is 0 Å². The Morgan fingerprint density at radius 2 is 2.00 bits per heavy atom. The van der Waals surface area contributed by atoms with Crippen LogP contribution < -0.4 is 14.8 Å². The number of fused-ring (bicyclic) bond motifs is 1. The summed E-state index contributed by atoms with van der Waals surface area (Å²) in [5.41, 5.74) is 0.904. The molecule has 25 heavy (non-hydrogen) atoms. The molecule has 0 aliphatic carbocycles. The minimum Gasteiger partial charge on any atom is -0.483 e. The van der Waals surface area contributed by atoms with E-state index in [0.29, 0.717) is 12.3 Å². The summed E-state index contributed by atoms with van der Waals surface area (Å²) in [6, 6.07) is 16.0. The Hall–Kier alpha value is -2.14. The number of amides is 1. The molecule has 1 heterocycles. The summed E-state index contributed by atoms with van der Waals surface area (Å²) in [6.07, 6.45) is 0.850. The molecule has 0 atom stereocenters. The number of rotatable bonds is 7. The van der Waals surface area contributed by atoms with Gasteiger partial charge >= 0.3 is 0 Å². The van der Waals surface area contributed by atoms with Crippen LogP contribution >= 0.6 is 11.8 Å². The van der Waals surface area contributed by atoms with Crippen LogP contribution in [-0.2, 0) is 11.2 Å². The first-order valence-corrected chi connectivity index (χ1v) is 9.40. The molecule has 0 bridgehead atoms. The number of thioether (sulfide) groups is 1. The molecule has 2 aromatic carbocycles. The van der Waals surface area contributed by atoms with Crippen molar-refractivity contribution in [3.63, 3.8) is 0 Å². The molecule has 1 N–H and O–H groups in total. The molecule has 0 saturated carbocycles. The van der Waals surface area contributed by atoms with E-state index in [4.69, 9.17) is 9.47 Å². The number of carbonyl (C=O) groups is 1. The number of benzene rings is 2. The van der Waals surface area contributed by atoms with Crippen LogP contribution in [0.5, 0.6) is 11.5 Å². The summed E-state index contributed by atoms with van der Waals surface area (Å²) in [5.74, 6) is 2.11. The average Bonchev–Trinajstić information content (AvgIpc) is 2.92. The Labute approximate surface area is 152 Å². The Balaban J connectivity index is 1.42. The molecular weight excluding hydrogens is 334 g/mol. The average molecular weight is 357 g/mol. The molecule has 1 aliphatic heterocycles. The summed E-state index contributed by atoms with van der Waals surface area (Å²) < 4.78 is 11.6. The minimum atomic E-state index is -0.223. The molecular formula is C20H23NO3S. The van der Waals surface area contributed by atoms with Gasteiger partial charge in [-0.15, -0.1) is 11.8 Å².